The van der Waals surface area contributed by atoms with E-state index >= 15 is 0 Å². The predicted molar refractivity (Wildman–Crippen MR) is 56.7 cm³/mol. The first-order chi connectivity index (χ1) is 6.31. The van der Waals surface area contributed by atoms with E-state index in [0.29, 0.717) is 5.92 Å². The molecule has 1 nitrogen and oxygen atoms in total. The topological polar surface area (TPSA) is 9.23 Å². The second-order valence-corrected chi connectivity index (χ2v) is 4.58. The van der Waals surface area contributed by atoms with E-state index in [9.17, 15) is 0 Å². The second-order valence-electron chi connectivity index (χ2n) is 3.41. The third-order valence-corrected chi connectivity index (χ3v) is 3.77. The molecule has 0 aliphatic carbocycles. The number of hydrogen-bond donors (Lipinski definition) is 0. The molecular formula is C11H14OS. The standard InChI is InChI=1S/C11H14OS/c1-3-8(2)11-7-9-10(13-11)5-4-6-12-9/h3,7-8H,1,4-6H2,2H3. The molecule has 0 saturated heterocycles. The van der Waals surface area contributed by atoms with Gasteiger partial charge in [-0.25, -0.2) is 0 Å². The lowest BCUT2D eigenvalue weighted by molar-refractivity contribution is 0.291. The molecular weight excluding hydrogens is 180 g/mol. The maximum absolute atomic E-state index is 5.57. The molecule has 0 spiro atoms. The number of ether oxygens (including phenoxy) is 1. The van der Waals surface area contributed by atoms with Gasteiger partial charge in [0.2, 0.25) is 0 Å². The molecule has 13 heavy (non-hydrogen) atoms. The van der Waals surface area contributed by atoms with Gasteiger partial charge in [-0.05, 0) is 18.9 Å². The van der Waals surface area contributed by atoms with Gasteiger partial charge in [-0.2, -0.15) is 0 Å². The number of hydrogen-bond acceptors (Lipinski definition) is 2. The molecule has 0 aromatic carbocycles. The van der Waals surface area contributed by atoms with Gasteiger partial charge in [-0.1, -0.05) is 13.0 Å². The van der Waals surface area contributed by atoms with Gasteiger partial charge in [0.25, 0.3) is 0 Å². The number of aryl methyl sites for hydroxylation is 1. The number of thiophene rings is 1. The summed E-state index contributed by atoms with van der Waals surface area (Å²) in [5.41, 5.74) is 0. The molecule has 1 unspecified atom stereocenters. The molecule has 0 amide bonds. The Balaban J connectivity index is 2.29. The summed E-state index contributed by atoms with van der Waals surface area (Å²) in [5.74, 6) is 1.57. The fourth-order valence-electron chi connectivity index (χ4n) is 1.48. The molecule has 1 aromatic heterocycles. The van der Waals surface area contributed by atoms with Gasteiger partial charge in [0, 0.05) is 15.7 Å². The zero-order chi connectivity index (χ0) is 9.26. The SMILES string of the molecule is C=CC(C)c1cc2c(s1)CCCO2. The molecule has 1 aromatic rings. The molecule has 70 valence electrons. The number of allylic oxidation sites excluding steroid dienone is 1. The average molecular weight is 194 g/mol. The largest absolute Gasteiger partial charge is 0.492 e. The molecule has 2 rings (SSSR count). The second kappa shape index (κ2) is 3.54. The molecule has 0 N–H and O–H groups in total. The van der Waals surface area contributed by atoms with Crippen molar-refractivity contribution in [3.05, 3.63) is 28.5 Å². The van der Waals surface area contributed by atoms with Crippen LogP contribution in [0.5, 0.6) is 5.75 Å². The van der Waals surface area contributed by atoms with Crippen LogP contribution in [0, 0.1) is 0 Å². The quantitative estimate of drug-likeness (QED) is 0.656. The molecule has 1 aliphatic heterocycles. The van der Waals surface area contributed by atoms with Crippen LogP contribution in [0.3, 0.4) is 0 Å². The molecule has 1 aliphatic rings. The first kappa shape index (κ1) is 8.82. The highest BCUT2D eigenvalue weighted by molar-refractivity contribution is 7.12. The van der Waals surface area contributed by atoms with Crippen LogP contribution in [0.25, 0.3) is 0 Å². The summed E-state index contributed by atoms with van der Waals surface area (Å²) in [7, 11) is 0. The number of rotatable bonds is 2. The number of fused-ring (bicyclic) bond motifs is 1. The summed E-state index contributed by atoms with van der Waals surface area (Å²) < 4.78 is 5.57. The minimum atomic E-state index is 0.458. The third-order valence-electron chi connectivity index (χ3n) is 2.40. The normalized spacial score (nSPS) is 17.3. The summed E-state index contributed by atoms with van der Waals surface area (Å²) in [6, 6.07) is 2.17. The van der Waals surface area contributed by atoms with E-state index in [1.165, 1.54) is 16.2 Å². The van der Waals surface area contributed by atoms with Gasteiger partial charge in [0.15, 0.2) is 0 Å². The molecule has 2 heteroatoms. The Labute approximate surface area is 83.0 Å². The van der Waals surface area contributed by atoms with Crippen molar-refractivity contribution >= 4 is 11.3 Å². The van der Waals surface area contributed by atoms with Crippen LogP contribution in [0.15, 0.2) is 18.7 Å². The van der Waals surface area contributed by atoms with E-state index in [0.717, 1.165) is 18.8 Å². The maximum Gasteiger partial charge on any atom is 0.133 e. The Hall–Kier alpha value is -0.760. The van der Waals surface area contributed by atoms with Gasteiger partial charge in [0.05, 0.1) is 6.61 Å². The van der Waals surface area contributed by atoms with E-state index in [2.05, 4.69) is 19.6 Å². The van der Waals surface area contributed by atoms with Crippen molar-refractivity contribution in [2.24, 2.45) is 0 Å². The van der Waals surface area contributed by atoms with Crippen molar-refractivity contribution in [1.82, 2.24) is 0 Å². The Morgan fingerprint density at radius 1 is 1.69 bits per heavy atom. The van der Waals surface area contributed by atoms with Crippen LogP contribution in [-0.4, -0.2) is 6.61 Å². The van der Waals surface area contributed by atoms with E-state index in [4.69, 9.17) is 4.74 Å². The molecule has 1 atom stereocenters. The van der Waals surface area contributed by atoms with Crippen molar-refractivity contribution in [3.63, 3.8) is 0 Å². The Bertz CT molecular complexity index is 290. The maximum atomic E-state index is 5.57. The first-order valence-corrected chi connectivity index (χ1v) is 5.51. The minimum absolute atomic E-state index is 0.458. The van der Waals surface area contributed by atoms with Crippen molar-refractivity contribution in [2.45, 2.75) is 25.7 Å². The van der Waals surface area contributed by atoms with Gasteiger partial charge in [-0.15, -0.1) is 17.9 Å². The monoisotopic (exact) mass is 194 g/mol. The third kappa shape index (κ3) is 1.63. The highest BCUT2D eigenvalue weighted by Gasteiger charge is 2.16. The van der Waals surface area contributed by atoms with Gasteiger partial charge in [-0.3, -0.25) is 0 Å². The highest BCUT2D eigenvalue weighted by atomic mass is 32.1. The van der Waals surface area contributed by atoms with E-state index in [1.807, 2.05) is 17.4 Å². The van der Waals surface area contributed by atoms with Crippen molar-refractivity contribution in [3.8, 4) is 5.75 Å². The molecule has 0 bridgehead atoms. The Kier molecular flexibility index (Phi) is 2.40. The lowest BCUT2D eigenvalue weighted by Gasteiger charge is -2.11. The molecule has 0 fully saturated rings. The van der Waals surface area contributed by atoms with Gasteiger partial charge < -0.3 is 4.74 Å². The summed E-state index contributed by atoms with van der Waals surface area (Å²) in [4.78, 5) is 2.79. The fraction of sp³-hybridized carbons (Fsp3) is 0.455. The van der Waals surface area contributed by atoms with Crippen molar-refractivity contribution in [2.75, 3.05) is 6.61 Å². The summed E-state index contributed by atoms with van der Waals surface area (Å²) in [5, 5.41) is 0. The van der Waals surface area contributed by atoms with Gasteiger partial charge in [0.1, 0.15) is 5.75 Å². The molecule has 0 radical (unpaired) electrons. The lowest BCUT2D eigenvalue weighted by Crippen LogP contribution is -2.04. The van der Waals surface area contributed by atoms with Crippen LogP contribution >= 0.6 is 11.3 Å². The smallest absolute Gasteiger partial charge is 0.133 e. The van der Waals surface area contributed by atoms with Crippen molar-refractivity contribution in [1.29, 1.82) is 0 Å². The highest BCUT2D eigenvalue weighted by Crippen LogP contribution is 2.37. The Morgan fingerprint density at radius 3 is 3.23 bits per heavy atom. The van der Waals surface area contributed by atoms with E-state index in [1.54, 1.807) is 0 Å². The van der Waals surface area contributed by atoms with Crippen molar-refractivity contribution < 1.29 is 4.74 Å². The van der Waals surface area contributed by atoms with Crippen LogP contribution in [0.4, 0.5) is 0 Å². The van der Waals surface area contributed by atoms with Gasteiger partial charge >= 0.3 is 0 Å². The van der Waals surface area contributed by atoms with E-state index in [-0.39, 0.29) is 0 Å². The van der Waals surface area contributed by atoms with E-state index < -0.39 is 0 Å². The van der Waals surface area contributed by atoms with Crippen LogP contribution in [0.2, 0.25) is 0 Å². The average Bonchev–Trinajstić information content (AvgIpc) is 2.59. The Morgan fingerprint density at radius 2 is 2.54 bits per heavy atom. The minimum Gasteiger partial charge on any atom is -0.492 e. The summed E-state index contributed by atoms with van der Waals surface area (Å²) in [6.07, 6.45) is 4.33. The van der Waals surface area contributed by atoms with Crippen LogP contribution in [-0.2, 0) is 6.42 Å². The molecule has 2 heterocycles. The zero-order valence-electron chi connectivity index (χ0n) is 7.88. The fourth-order valence-corrected chi connectivity index (χ4v) is 2.68. The lowest BCUT2D eigenvalue weighted by atomic mass is 10.1. The predicted octanol–water partition coefficient (Wildman–Crippen LogP) is 3.36. The molecule has 0 saturated carbocycles. The van der Waals surface area contributed by atoms with Crippen LogP contribution in [0.1, 0.15) is 29.0 Å². The first-order valence-electron chi connectivity index (χ1n) is 4.69. The summed E-state index contributed by atoms with van der Waals surface area (Å²) >= 11 is 1.87. The zero-order valence-corrected chi connectivity index (χ0v) is 8.69. The summed E-state index contributed by atoms with van der Waals surface area (Å²) in [6.45, 7) is 6.86. The van der Waals surface area contributed by atoms with Crippen LogP contribution < -0.4 is 4.74 Å².